The van der Waals surface area contributed by atoms with E-state index in [-0.39, 0.29) is 5.75 Å². The molecule has 0 saturated carbocycles. The Labute approximate surface area is 94.3 Å². The van der Waals surface area contributed by atoms with Crippen molar-refractivity contribution in [3.8, 4) is 5.75 Å². The maximum absolute atomic E-state index is 11.7. The summed E-state index contributed by atoms with van der Waals surface area (Å²) in [5, 5.41) is 0.495. The minimum atomic E-state index is -6.00. The molecule has 0 radical (unpaired) electrons. The van der Waals surface area contributed by atoms with E-state index in [1.165, 1.54) is 21.4 Å². The lowest BCUT2D eigenvalue weighted by molar-refractivity contribution is -0.274. The number of alkyl halides is 3. The van der Waals surface area contributed by atoms with Gasteiger partial charge in [-0.15, -0.1) is 13.2 Å². The van der Waals surface area contributed by atoms with Gasteiger partial charge in [-0.1, -0.05) is 12.1 Å². The molecule has 0 N–H and O–H groups in total. The molecule has 0 aliphatic heterocycles. The molecule has 0 aliphatic rings. The number of rotatable bonds is 1. The molecule has 0 saturated heterocycles. The minimum absolute atomic E-state index is 0.136. The van der Waals surface area contributed by atoms with Crippen LogP contribution in [0.4, 0.5) is 30.4 Å². The zero-order chi connectivity index (χ0) is 13.7. The largest absolute Gasteiger partial charge is 0.673 e. The van der Waals surface area contributed by atoms with Crippen LogP contribution in [0.15, 0.2) is 24.3 Å². The van der Waals surface area contributed by atoms with E-state index in [9.17, 15) is 30.4 Å². The second-order valence-electron chi connectivity index (χ2n) is 2.65. The van der Waals surface area contributed by atoms with Crippen LogP contribution in [-0.4, -0.2) is 13.6 Å². The Balaban J connectivity index is 0.000000437. The summed E-state index contributed by atoms with van der Waals surface area (Å²) in [6.07, 6.45) is -4.60. The van der Waals surface area contributed by atoms with Crippen molar-refractivity contribution >= 4 is 21.8 Å². The van der Waals surface area contributed by atoms with E-state index in [2.05, 4.69) is 4.74 Å². The topological polar surface area (TPSA) is 9.23 Å². The molecular formula is C7H7BF7OP. The summed E-state index contributed by atoms with van der Waals surface area (Å²) in [6, 6.07) is 6.01. The van der Waals surface area contributed by atoms with E-state index in [4.69, 9.17) is 0 Å². The number of halogens is 7. The molecule has 0 heterocycles. The van der Waals surface area contributed by atoms with Crippen molar-refractivity contribution in [2.24, 2.45) is 0 Å². The van der Waals surface area contributed by atoms with Gasteiger partial charge in [0.1, 0.15) is 5.30 Å². The van der Waals surface area contributed by atoms with Gasteiger partial charge in [0, 0.05) is 9.24 Å². The zero-order valence-electron chi connectivity index (χ0n) is 8.15. The van der Waals surface area contributed by atoms with E-state index in [0.717, 1.165) is 0 Å². The lowest BCUT2D eigenvalue weighted by atomic mass is 10.3. The van der Waals surface area contributed by atoms with Crippen molar-refractivity contribution in [1.29, 1.82) is 0 Å². The molecule has 0 aromatic heterocycles. The van der Waals surface area contributed by atoms with E-state index in [1.807, 2.05) is 0 Å². The van der Waals surface area contributed by atoms with Crippen LogP contribution in [0.5, 0.6) is 5.75 Å². The summed E-state index contributed by atoms with van der Waals surface area (Å²) >= 11 is 0. The third kappa shape index (κ3) is 11.3. The molecule has 1 nitrogen and oxygen atoms in total. The van der Waals surface area contributed by atoms with Crippen LogP contribution in [0, 0.1) is 0 Å². The maximum Gasteiger partial charge on any atom is 0.673 e. The highest BCUT2D eigenvalue weighted by molar-refractivity contribution is 7.27. The molecule has 17 heavy (non-hydrogen) atoms. The average molecular weight is 282 g/mol. The second-order valence-corrected chi connectivity index (χ2v) is 3.41. The Bertz CT molecular complexity index is 345. The Morgan fingerprint density at radius 1 is 1.00 bits per heavy atom. The Kier molecular flexibility index (Phi) is 5.74. The van der Waals surface area contributed by atoms with Gasteiger partial charge in [-0.05, 0) is 12.1 Å². The van der Waals surface area contributed by atoms with E-state index >= 15 is 0 Å². The molecule has 0 fully saturated rings. The molecular weight excluding hydrogens is 275 g/mol. The molecule has 0 spiro atoms. The highest BCUT2D eigenvalue weighted by atomic mass is 31.0. The van der Waals surface area contributed by atoms with Gasteiger partial charge in [0.15, 0.2) is 5.75 Å². The maximum atomic E-state index is 11.7. The lowest BCUT2D eigenvalue weighted by Crippen LogP contribution is -2.19. The summed E-state index contributed by atoms with van der Waals surface area (Å²) < 4.78 is 77.8. The third-order valence-corrected chi connectivity index (χ3v) is 1.78. The fourth-order valence-corrected chi connectivity index (χ4v) is 1.05. The van der Waals surface area contributed by atoms with Crippen molar-refractivity contribution in [2.45, 2.75) is 6.36 Å². The third-order valence-electron chi connectivity index (χ3n) is 1.20. The van der Waals surface area contributed by atoms with Gasteiger partial charge in [0.2, 0.25) is 0 Å². The molecule has 1 unspecified atom stereocenters. The standard InChI is InChI=1S/C7H6F3OP.BF4/c8-7(9,10)11-5-3-1-2-4-6(5)12;2-1(3,4)5/h1-4H,12H2;/q;-1/p+1. The van der Waals surface area contributed by atoms with Gasteiger partial charge < -0.3 is 22.0 Å². The summed E-state index contributed by atoms with van der Waals surface area (Å²) in [7, 11) is -4.65. The smallest absolute Gasteiger partial charge is 0.418 e. The van der Waals surface area contributed by atoms with Crippen molar-refractivity contribution in [1.82, 2.24) is 0 Å². The molecule has 1 atom stereocenters. The van der Waals surface area contributed by atoms with Crippen LogP contribution in [0.25, 0.3) is 0 Å². The highest BCUT2D eigenvalue weighted by Gasteiger charge is 2.32. The van der Waals surface area contributed by atoms with Crippen LogP contribution in [-0.2, 0) is 0 Å². The lowest BCUT2D eigenvalue weighted by Gasteiger charge is -2.08. The van der Waals surface area contributed by atoms with E-state index in [1.54, 1.807) is 12.1 Å². The van der Waals surface area contributed by atoms with Crippen LogP contribution in [0.3, 0.4) is 0 Å². The molecule has 98 valence electrons. The summed E-state index contributed by atoms with van der Waals surface area (Å²) in [4.78, 5) is 0. The first-order valence-corrected chi connectivity index (χ1v) is 4.74. The SMILES string of the molecule is FC(F)(F)Oc1ccccc1[PH3+].F[B-](F)(F)F. The summed E-state index contributed by atoms with van der Waals surface area (Å²) in [5.41, 5.74) is 0. The highest BCUT2D eigenvalue weighted by Crippen LogP contribution is 2.21. The number of para-hydroxylation sites is 1. The minimum Gasteiger partial charge on any atom is -0.418 e. The van der Waals surface area contributed by atoms with Crippen molar-refractivity contribution in [2.75, 3.05) is 0 Å². The predicted octanol–water partition coefficient (Wildman–Crippen LogP) is 3.12. The first-order valence-electron chi connectivity index (χ1n) is 4.03. The van der Waals surface area contributed by atoms with E-state index < -0.39 is 13.6 Å². The molecule has 1 rings (SSSR count). The first-order chi connectivity index (χ1) is 7.49. The Morgan fingerprint density at radius 3 is 1.76 bits per heavy atom. The normalized spacial score (nSPS) is 11.7. The van der Waals surface area contributed by atoms with Crippen molar-refractivity contribution in [3.05, 3.63) is 24.3 Å². The first kappa shape index (κ1) is 16.0. The van der Waals surface area contributed by atoms with Crippen LogP contribution in [0.1, 0.15) is 0 Å². The molecule has 10 heteroatoms. The molecule has 1 aromatic rings. The van der Waals surface area contributed by atoms with Crippen molar-refractivity contribution < 1.29 is 35.2 Å². The van der Waals surface area contributed by atoms with Gasteiger partial charge in [0.05, 0.1) is 0 Å². The quantitative estimate of drug-likeness (QED) is 0.437. The van der Waals surface area contributed by atoms with Crippen LogP contribution < -0.4 is 10.0 Å². The van der Waals surface area contributed by atoms with Crippen molar-refractivity contribution in [3.63, 3.8) is 0 Å². The fraction of sp³-hybridized carbons (Fsp3) is 0.143. The molecule has 0 aliphatic carbocycles. The summed E-state index contributed by atoms with van der Waals surface area (Å²) in [5.74, 6) is -0.136. The number of benzene rings is 1. The van der Waals surface area contributed by atoms with Gasteiger partial charge >= 0.3 is 13.6 Å². The average Bonchev–Trinajstić information content (AvgIpc) is 2.03. The monoisotopic (exact) mass is 282 g/mol. The van der Waals surface area contributed by atoms with Gasteiger partial charge in [-0.25, -0.2) is 0 Å². The molecule has 0 bridgehead atoms. The fourth-order valence-electron chi connectivity index (χ4n) is 0.728. The van der Waals surface area contributed by atoms with Gasteiger partial charge in [-0.2, -0.15) is 0 Å². The number of hydrogen-bond donors (Lipinski definition) is 0. The second kappa shape index (κ2) is 6.09. The predicted molar refractivity (Wildman–Crippen MR) is 54.1 cm³/mol. The van der Waals surface area contributed by atoms with Gasteiger partial charge in [-0.3, -0.25) is 0 Å². The van der Waals surface area contributed by atoms with E-state index in [0.29, 0.717) is 5.30 Å². The van der Waals surface area contributed by atoms with Crippen LogP contribution in [0.2, 0.25) is 0 Å². The molecule has 1 aromatic carbocycles. The zero-order valence-corrected chi connectivity index (χ0v) is 9.56. The van der Waals surface area contributed by atoms with Gasteiger partial charge in [0.25, 0.3) is 0 Å². The summed E-state index contributed by atoms with van der Waals surface area (Å²) in [6.45, 7) is 0. The molecule has 0 amide bonds. The Morgan fingerprint density at radius 2 is 1.41 bits per heavy atom. The number of hydrogen-bond acceptors (Lipinski definition) is 1. The number of ether oxygens (including phenoxy) is 1. The Hall–Kier alpha value is -0.975. The van der Waals surface area contributed by atoms with Crippen LogP contribution >= 0.6 is 9.24 Å².